The predicted octanol–water partition coefficient (Wildman–Crippen LogP) is 3.10. The number of benzene rings is 1. The number of amides is 1. The molecule has 2 aliphatic rings. The highest BCUT2D eigenvalue weighted by atomic mass is 16.7. The monoisotopic (exact) mass is 407 g/mol. The van der Waals surface area contributed by atoms with Gasteiger partial charge in [-0.15, -0.1) is 0 Å². The van der Waals surface area contributed by atoms with E-state index in [-0.39, 0.29) is 19.0 Å². The number of hydrogen-bond acceptors (Lipinski definition) is 6. The summed E-state index contributed by atoms with van der Waals surface area (Å²) in [4.78, 5) is 14.3. The first-order valence-electron chi connectivity index (χ1n) is 10.4. The lowest BCUT2D eigenvalue weighted by Gasteiger charge is -2.32. The Labute approximate surface area is 172 Å². The predicted molar refractivity (Wildman–Crippen MR) is 107 cm³/mol. The highest BCUT2D eigenvalue weighted by molar-refractivity contribution is 5.69. The van der Waals surface area contributed by atoms with Crippen LogP contribution >= 0.6 is 0 Å². The topological polar surface area (TPSA) is 77.5 Å². The first kappa shape index (κ1) is 22.0. The van der Waals surface area contributed by atoms with Gasteiger partial charge in [0.15, 0.2) is 6.29 Å². The molecule has 1 N–H and O–H groups in total. The second-order valence-corrected chi connectivity index (χ2v) is 8.61. The van der Waals surface area contributed by atoms with E-state index in [0.29, 0.717) is 19.8 Å². The van der Waals surface area contributed by atoms with Crippen LogP contribution in [0.1, 0.15) is 45.6 Å². The van der Waals surface area contributed by atoms with E-state index in [0.717, 1.165) is 24.8 Å². The standard InChI is InChI=1S/C22H33NO6/c1-22(2,3)29-21(25)23-13-18(27-15-16-9-5-4-6-10-16)20(17(23)14-24)28-19-11-7-8-12-26-19/h4-6,9-10,17-20,24H,7-8,11-15H2,1-3H3/t17-,18-,19?,20-/m0/s1. The largest absolute Gasteiger partial charge is 0.444 e. The van der Waals surface area contributed by atoms with Crippen molar-refractivity contribution in [3.63, 3.8) is 0 Å². The maximum Gasteiger partial charge on any atom is 0.410 e. The van der Waals surface area contributed by atoms with Crippen LogP contribution in [0.3, 0.4) is 0 Å². The normalized spacial score (nSPS) is 27.8. The molecular weight excluding hydrogens is 374 g/mol. The van der Waals surface area contributed by atoms with Crippen LogP contribution in [0.2, 0.25) is 0 Å². The van der Waals surface area contributed by atoms with Crippen LogP contribution in [0, 0.1) is 0 Å². The van der Waals surface area contributed by atoms with Crippen molar-refractivity contribution in [2.24, 2.45) is 0 Å². The molecule has 0 aromatic heterocycles. The number of carbonyl (C=O) groups is 1. The number of hydrogen-bond donors (Lipinski definition) is 1. The molecule has 7 nitrogen and oxygen atoms in total. The van der Waals surface area contributed by atoms with E-state index in [1.54, 1.807) is 0 Å². The molecule has 162 valence electrons. The number of rotatable bonds is 6. The highest BCUT2D eigenvalue weighted by Gasteiger charge is 2.47. The lowest BCUT2D eigenvalue weighted by Crippen LogP contribution is -2.46. The van der Waals surface area contributed by atoms with Gasteiger partial charge in [-0.1, -0.05) is 30.3 Å². The van der Waals surface area contributed by atoms with Gasteiger partial charge in [-0.05, 0) is 45.6 Å². The Bertz CT molecular complexity index is 640. The summed E-state index contributed by atoms with van der Waals surface area (Å²) in [5, 5.41) is 10.1. The molecule has 29 heavy (non-hydrogen) atoms. The third-order valence-corrected chi connectivity index (χ3v) is 5.09. The lowest BCUT2D eigenvalue weighted by atomic mass is 10.1. The average molecular weight is 408 g/mol. The van der Waals surface area contributed by atoms with Gasteiger partial charge in [-0.2, -0.15) is 0 Å². The molecule has 7 heteroatoms. The number of aliphatic hydroxyl groups excluding tert-OH is 1. The van der Waals surface area contributed by atoms with E-state index in [2.05, 4.69) is 0 Å². The van der Waals surface area contributed by atoms with Gasteiger partial charge in [0.2, 0.25) is 0 Å². The minimum Gasteiger partial charge on any atom is -0.444 e. The minimum absolute atomic E-state index is 0.234. The van der Waals surface area contributed by atoms with Crippen LogP contribution in [0.25, 0.3) is 0 Å². The number of carbonyl (C=O) groups excluding carboxylic acids is 1. The molecule has 1 amide bonds. The number of likely N-dealkylation sites (tertiary alicyclic amines) is 1. The molecule has 1 unspecified atom stereocenters. The number of nitrogens with zero attached hydrogens (tertiary/aromatic N) is 1. The van der Waals surface area contributed by atoms with E-state index in [1.807, 2.05) is 51.1 Å². The van der Waals surface area contributed by atoms with Crippen LogP contribution in [0.4, 0.5) is 4.79 Å². The van der Waals surface area contributed by atoms with Gasteiger partial charge >= 0.3 is 6.09 Å². The molecule has 1 aromatic carbocycles. The summed E-state index contributed by atoms with van der Waals surface area (Å²) in [6.45, 7) is 6.59. The van der Waals surface area contributed by atoms with Crippen LogP contribution in [0.5, 0.6) is 0 Å². The van der Waals surface area contributed by atoms with Crippen molar-refractivity contribution in [2.45, 2.75) is 76.8 Å². The van der Waals surface area contributed by atoms with E-state index in [9.17, 15) is 9.90 Å². The molecule has 2 heterocycles. The third kappa shape index (κ3) is 6.15. The summed E-state index contributed by atoms with van der Waals surface area (Å²) in [5.41, 5.74) is 0.416. The minimum atomic E-state index is -0.622. The van der Waals surface area contributed by atoms with Gasteiger partial charge in [0.25, 0.3) is 0 Å². The van der Waals surface area contributed by atoms with Crippen LogP contribution in [-0.4, -0.2) is 66.0 Å². The van der Waals surface area contributed by atoms with Crippen molar-refractivity contribution < 1.29 is 28.8 Å². The Morgan fingerprint density at radius 1 is 1.24 bits per heavy atom. The van der Waals surface area contributed by atoms with Crippen LogP contribution < -0.4 is 0 Å². The molecule has 1 aromatic rings. The molecule has 0 aliphatic carbocycles. The molecule has 0 spiro atoms. The summed E-state index contributed by atoms with van der Waals surface area (Å²) in [7, 11) is 0. The maximum atomic E-state index is 12.7. The third-order valence-electron chi connectivity index (χ3n) is 5.09. The van der Waals surface area contributed by atoms with Crippen LogP contribution in [-0.2, 0) is 25.6 Å². The first-order valence-corrected chi connectivity index (χ1v) is 10.4. The summed E-state index contributed by atoms with van der Waals surface area (Å²) >= 11 is 0. The van der Waals surface area contributed by atoms with Crippen molar-refractivity contribution in [1.29, 1.82) is 0 Å². The molecular formula is C22H33NO6. The fraction of sp³-hybridized carbons (Fsp3) is 0.682. The number of ether oxygens (including phenoxy) is 4. The van der Waals surface area contributed by atoms with Crippen molar-refractivity contribution >= 4 is 6.09 Å². The Balaban J connectivity index is 1.73. The van der Waals surface area contributed by atoms with Gasteiger partial charge in [0.05, 0.1) is 25.8 Å². The van der Waals surface area contributed by atoms with Crippen LogP contribution in [0.15, 0.2) is 30.3 Å². The molecule has 4 atom stereocenters. The Hall–Kier alpha value is -1.67. The van der Waals surface area contributed by atoms with Gasteiger partial charge < -0.3 is 24.1 Å². The summed E-state index contributed by atoms with van der Waals surface area (Å²) in [5.74, 6) is 0. The van der Waals surface area contributed by atoms with E-state index in [1.165, 1.54) is 4.90 Å². The van der Waals surface area contributed by atoms with Crippen molar-refractivity contribution in [3.05, 3.63) is 35.9 Å². The lowest BCUT2D eigenvalue weighted by molar-refractivity contribution is -0.212. The number of aliphatic hydroxyl groups is 1. The summed E-state index contributed by atoms with van der Waals surface area (Å²) in [6.07, 6.45) is 1.17. The Morgan fingerprint density at radius 2 is 2.00 bits per heavy atom. The second-order valence-electron chi connectivity index (χ2n) is 8.61. The van der Waals surface area contributed by atoms with Crippen molar-refractivity contribution in [1.82, 2.24) is 4.90 Å². The molecule has 0 saturated carbocycles. The smallest absolute Gasteiger partial charge is 0.410 e. The zero-order valence-corrected chi connectivity index (χ0v) is 17.6. The highest BCUT2D eigenvalue weighted by Crippen LogP contribution is 2.29. The zero-order chi connectivity index (χ0) is 20.9. The molecule has 0 bridgehead atoms. The fourth-order valence-electron chi connectivity index (χ4n) is 3.69. The van der Waals surface area contributed by atoms with Crippen molar-refractivity contribution in [3.8, 4) is 0 Å². The van der Waals surface area contributed by atoms with E-state index in [4.69, 9.17) is 18.9 Å². The Kier molecular flexibility index (Phi) is 7.51. The van der Waals surface area contributed by atoms with Gasteiger partial charge in [0.1, 0.15) is 17.8 Å². The molecule has 0 radical (unpaired) electrons. The summed E-state index contributed by atoms with van der Waals surface area (Å²) < 4.78 is 23.6. The van der Waals surface area contributed by atoms with E-state index >= 15 is 0 Å². The molecule has 3 rings (SSSR count). The van der Waals surface area contributed by atoms with Gasteiger partial charge in [-0.3, -0.25) is 4.90 Å². The molecule has 2 fully saturated rings. The first-order chi connectivity index (χ1) is 13.9. The quantitative estimate of drug-likeness (QED) is 0.781. The maximum absolute atomic E-state index is 12.7. The zero-order valence-electron chi connectivity index (χ0n) is 17.6. The van der Waals surface area contributed by atoms with E-state index < -0.39 is 23.8 Å². The fourth-order valence-corrected chi connectivity index (χ4v) is 3.69. The van der Waals surface area contributed by atoms with Crippen molar-refractivity contribution in [2.75, 3.05) is 19.8 Å². The second kappa shape index (κ2) is 9.89. The summed E-state index contributed by atoms with van der Waals surface area (Å²) in [6, 6.07) is 9.31. The average Bonchev–Trinajstić information content (AvgIpc) is 3.04. The Morgan fingerprint density at radius 3 is 2.62 bits per heavy atom. The molecule has 2 aliphatic heterocycles. The van der Waals surface area contributed by atoms with Gasteiger partial charge in [-0.25, -0.2) is 4.79 Å². The SMILES string of the molecule is CC(C)(C)OC(=O)N1C[C@H](OCc2ccccc2)[C@@H](OC2CCCCO2)[C@@H]1CO. The molecule has 2 saturated heterocycles. The van der Waals surface area contributed by atoms with Gasteiger partial charge in [0, 0.05) is 6.61 Å².